The van der Waals surface area contributed by atoms with E-state index < -0.39 is 0 Å². The standard InChI is InChI=1S/C13H22O2S/c1-8-5-6-10-11(7-8)15-12(9(2)14)16-13(10,3)4/h8,10-12H,5-7H2,1-4H3/t8-,10-,11-,12-/m1/s1. The maximum atomic E-state index is 11.5. The van der Waals surface area contributed by atoms with Gasteiger partial charge in [-0.15, -0.1) is 11.8 Å². The molecule has 0 radical (unpaired) electrons. The normalized spacial score (nSPS) is 42.5. The number of ether oxygens (including phenoxy) is 1. The Bertz CT molecular complexity index is 288. The summed E-state index contributed by atoms with van der Waals surface area (Å²) in [6.45, 7) is 8.46. The van der Waals surface area contributed by atoms with Crippen LogP contribution in [0.1, 0.15) is 47.0 Å². The summed E-state index contributed by atoms with van der Waals surface area (Å²) >= 11 is 1.71. The van der Waals surface area contributed by atoms with E-state index >= 15 is 0 Å². The first-order valence-corrected chi connectivity index (χ1v) is 7.12. The highest BCUT2D eigenvalue weighted by molar-refractivity contribution is 8.01. The second-order valence-electron chi connectivity index (χ2n) is 5.86. The largest absolute Gasteiger partial charge is 0.356 e. The molecular weight excluding hydrogens is 220 g/mol. The summed E-state index contributed by atoms with van der Waals surface area (Å²) in [6, 6.07) is 0. The van der Waals surface area contributed by atoms with Gasteiger partial charge in [-0.25, -0.2) is 0 Å². The second kappa shape index (κ2) is 4.34. The minimum Gasteiger partial charge on any atom is -0.356 e. The van der Waals surface area contributed by atoms with Gasteiger partial charge in [0.25, 0.3) is 0 Å². The molecule has 1 aliphatic heterocycles. The van der Waals surface area contributed by atoms with Crippen LogP contribution in [0, 0.1) is 11.8 Å². The molecule has 2 fully saturated rings. The van der Waals surface area contributed by atoms with E-state index in [1.807, 2.05) is 0 Å². The molecule has 3 heteroatoms. The van der Waals surface area contributed by atoms with Crippen molar-refractivity contribution < 1.29 is 9.53 Å². The lowest BCUT2D eigenvalue weighted by molar-refractivity contribution is -0.132. The lowest BCUT2D eigenvalue weighted by Crippen LogP contribution is -2.50. The van der Waals surface area contributed by atoms with Crippen molar-refractivity contribution in [3.8, 4) is 0 Å². The van der Waals surface area contributed by atoms with Crippen molar-refractivity contribution in [3.05, 3.63) is 0 Å². The maximum Gasteiger partial charge on any atom is 0.168 e. The number of Topliss-reactive ketones (excluding diaryl/α,β-unsaturated/α-hetero) is 1. The minimum absolute atomic E-state index is 0.162. The number of thioether (sulfide) groups is 1. The zero-order chi connectivity index (χ0) is 11.9. The summed E-state index contributed by atoms with van der Waals surface area (Å²) in [5.41, 5.74) is -0.235. The average molecular weight is 242 g/mol. The van der Waals surface area contributed by atoms with E-state index in [9.17, 15) is 4.79 Å². The third kappa shape index (κ3) is 2.30. The Labute approximate surface area is 103 Å². The van der Waals surface area contributed by atoms with E-state index in [1.54, 1.807) is 18.7 Å². The van der Waals surface area contributed by atoms with Gasteiger partial charge in [0.2, 0.25) is 0 Å². The maximum absolute atomic E-state index is 11.5. The quantitative estimate of drug-likeness (QED) is 0.706. The Hall–Kier alpha value is -0.0200. The monoisotopic (exact) mass is 242 g/mol. The zero-order valence-electron chi connectivity index (χ0n) is 10.7. The van der Waals surface area contributed by atoms with Gasteiger partial charge in [-0.3, -0.25) is 4.79 Å². The van der Waals surface area contributed by atoms with Gasteiger partial charge in [0.05, 0.1) is 6.10 Å². The molecule has 2 rings (SSSR count). The van der Waals surface area contributed by atoms with Crippen LogP contribution in [-0.4, -0.2) is 22.1 Å². The van der Waals surface area contributed by atoms with E-state index in [0.29, 0.717) is 12.0 Å². The molecular formula is C13H22O2S. The molecule has 1 heterocycles. The first-order valence-electron chi connectivity index (χ1n) is 6.24. The van der Waals surface area contributed by atoms with E-state index in [4.69, 9.17) is 4.74 Å². The van der Waals surface area contributed by atoms with Crippen molar-refractivity contribution in [2.45, 2.75) is 63.2 Å². The molecule has 2 nitrogen and oxygen atoms in total. The van der Waals surface area contributed by atoms with Gasteiger partial charge in [0, 0.05) is 4.75 Å². The van der Waals surface area contributed by atoms with Crippen molar-refractivity contribution >= 4 is 17.5 Å². The van der Waals surface area contributed by atoms with Gasteiger partial charge < -0.3 is 4.74 Å². The zero-order valence-corrected chi connectivity index (χ0v) is 11.5. The van der Waals surface area contributed by atoms with Crippen molar-refractivity contribution in [1.82, 2.24) is 0 Å². The number of rotatable bonds is 1. The first kappa shape index (κ1) is 12.4. The molecule has 0 unspecified atom stereocenters. The third-order valence-electron chi connectivity index (χ3n) is 3.99. The van der Waals surface area contributed by atoms with Crippen LogP contribution in [-0.2, 0) is 9.53 Å². The molecule has 1 saturated carbocycles. The van der Waals surface area contributed by atoms with Crippen LogP contribution in [0.4, 0.5) is 0 Å². The van der Waals surface area contributed by atoms with Gasteiger partial charge >= 0.3 is 0 Å². The summed E-state index contributed by atoms with van der Waals surface area (Å²) in [7, 11) is 0. The van der Waals surface area contributed by atoms with E-state index in [0.717, 1.165) is 12.3 Å². The van der Waals surface area contributed by atoms with E-state index in [1.165, 1.54) is 12.8 Å². The average Bonchev–Trinajstić information content (AvgIpc) is 2.15. The number of hydrogen-bond acceptors (Lipinski definition) is 3. The molecule has 0 spiro atoms. The topological polar surface area (TPSA) is 26.3 Å². The summed E-state index contributed by atoms with van der Waals surface area (Å²) < 4.78 is 6.15. The van der Waals surface area contributed by atoms with Crippen LogP contribution < -0.4 is 0 Å². The smallest absolute Gasteiger partial charge is 0.168 e. The molecule has 1 aliphatic carbocycles. The lowest BCUT2D eigenvalue weighted by atomic mass is 9.75. The summed E-state index contributed by atoms with van der Waals surface area (Å²) in [5, 5.41) is 0. The molecule has 0 N–H and O–H groups in total. The Morgan fingerprint density at radius 2 is 2.06 bits per heavy atom. The summed E-state index contributed by atoms with van der Waals surface area (Å²) in [5.74, 6) is 1.52. The van der Waals surface area contributed by atoms with Crippen LogP contribution in [0.15, 0.2) is 0 Å². The molecule has 0 amide bonds. The molecule has 0 aromatic carbocycles. The van der Waals surface area contributed by atoms with Crippen LogP contribution in [0.3, 0.4) is 0 Å². The van der Waals surface area contributed by atoms with E-state index in [2.05, 4.69) is 20.8 Å². The van der Waals surface area contributed by atoms with E-state index in [-0.39, 0.29) is 16.0 Å². The molecule has 0 aromatic rings. The van der Waals surface area contributed by atoms with Gasteiger partial charge in [0.1, 0.15) is 0 Å². The van der Waals surface area contributed by atoms with Crippen LogP contribution in [0.5, 0.6) is 0 Å². The van der Waals surface area contributed by atoms with Crippen molar-refractivity contribution in [3.63, 3.8) is 0 Å². The number of fused-ring (bicyclic) bond motifs is 1. The Balaban J connectivity index is 2.15. The molecule has 2 aliphatic rings. The summed E-state index contributed by atoms with van der Waals surface area (Å²) in [4.78, 5) is 11.5. The SMILES string of the molecule is CC(=O)[C@@H]1O[C@@H]2C[C@H](C)CC[C@H]2C(C)(C)S1. The fourth-order valence-electron chi connectivity index (χ4n) is 3.00. The van der Waals surface area contributed by atoms with Crippen molar-refractivity contribution in [2.24, 2.45) is 11.8 Å². The van der Waals surface area contributed by atoms with Crippen LogP contribution >= 0.6 is 11.8 Å². The number of carbonyl (C=O) groups excluding carboxylic acids is 1. The van der Waals surface area contributed by atoms with Crippen molar-refractivity contribution in [2.75, 3.05) is 0 Å². The third-order valence-corrected chi connectivity index (χ3v) is 5.56. The van der Waals surface area contributed by atoms with Crippen LogP contribution in [0.25, 0.3) is 0 Å². The predicted molar refractivity (Wildman–Crippen MR) is 67.5 cm³/mol. The number of carbonyl (C=O) groups is 1. The highest BCUT2D eigenvalue weighted by Gasteiger charge is 2.47. The molecule has 0 aromatic heterocycles. The fraction of sp³-hybridized carbons (Fsp3) is 0.923. The second-order valence-corrected chi connectivity index (χ2v) is 7.58. The highest BCUT2D eigenvalue weighted by Crippen LogP contribution is 2.50. The molecule has 92 valence electrons. The fourth-order valence-corrected chi connectivity index (χ4v) is 4.36. The van der Waals surface area contributed by atoms with Gasteiger partial charge in [-0.1, -0.05) is 27.2 Å². The summed E-state index contributed by atoms with van der Waals surface area (Å²) in [6.07, 6.45) is 3.97. The van der Waals surface area contributed by atoms with Gasteiger partial charge in [-0.05, 0) is 31.6 Å². The van der Waals surface area contributed by atoms with Crippen molar-refractivity contribution in [1.29, 1.82) is 0 Å². The minimum atomic E-state index is -0.235. The van der Waals surface area contributed by atoms with Crippen LogP contribution in [0.2, 0.25) is 0 Å². The first-order chi connectivity index (χ1) is 7.40. The number of hydrogen-bond donors (Lipinski definition) is 0. The Morgan fingerprint density at radius 3 is 2.69 bits per heavy atom. The molecule has 4 atom stereocenters. The predicted octanol–water partition coefficient (Wildman–Crippen LogP) is 3.25. The Morgan fingerprint density at radius 1 is 1.38 bits per heavy atom. The number of ketones is 1. The Kier molecular flexibility index (Phi) is 3.37. The highest BCUT2D eigenvalue weighted by atomic mass is 32.2. The molecule has 16 heavy (non-hydrogen) atoms. The molecule has 1 saturated heterocycles. The molecule has 0 bridgehead atoms. The van der Waals surface area contributed by atoms with Gasteiger partial charge in [-0.2, -0.15) is 0 Å². The van der Waals surface area contributed by atoms with Gasteiger partial charge in [0.15, 0.2) is 11.2 Å². The lowest BCUT2D eigenvalue weighted by Gasteiger charge is -2.49.